The van der Waals surface area contributed by atoms with E-state index < -0.39 is 0 Å². The number of benzene rings is 1. The van der Waals surface area contributed by atoms with Gasteiger partial charge >= 0.3 is 0 Å². The van der Waals surface area contributed by atoms with Crippen molar-refractivity contribution in [1.29, 1.82) is 0 Å². The van der Waals surface area contributed by atoms with Crippen molar-refractivity contribution in [2.24, 2.45) is 0 Å². The molecule has 3 aromatic rings. The minimum Gasteiger partial charge on any atom is -0.361 e. The number of amides is 1. The van der Waals surface area contributed by atoms with Gasteiger partial charge < -0.3 is 13.9 Å². The summed E-state index contributed by atoms with van der Waals surface area (Å²) in [5, 5.41) is 7.92. The van der Waals surface area contributed by atoms with Crippen LogP contribution in [0.4, 0.5) is 4.39 Å². The summed E-state index contributed by atoms with van der Waals surface area (Å²) >= 11 is 0. The van der Waals surface area contributed by atoms with Gasteiger partial charge in [0.2, 0.25) is 0 Å². The summed E-state index contributed by atoms with van der Waals surface area (Å²) in [5.74, 6) is 0.648. The van der Waals surface area contributed by atoms with Crippen LogP contribution in [0.5, 0.6) is 0 Å². The zero-order valence-corrected chi connectivity index (χ0v) is 14.5. The molecule has 134 valence electrons. The van der Waals surface area contributed by atoms with Gasteiger partial charge in [-0.1, -0.05) is 10.3 Å². The summed E-state index contributed by atoms with van der Waals surface area (Å²) in [4.78, 5) is 14.8. The van der Waals surface area contributed by atoms with E-state index in [-0.39, 0.29) is 23.5 Å². The molecule has 1 aliphatic rings. The average Bonchev–Trinajstić information content (AvgIpc) is 3.35. The molecule has 1 aromatic carbocycles. The largest absolute Gasteiger partial charge is 0.361 e. The molecule has 4 rings (SSSR count). The lowest BCUT2D eigenvalue weighted by atomic mass is 10.0. The predicted octanol–water partition coefficient (Wildman–Crippen LogP) is 4.06. The Morgan fingerprint density at radius 3 is 2.65 bits per heavy atom. The van der Waals surface area contributed by atoms with Crippen molar-refractivity contribution in [3.8, 4) is 11.3 Å². The summed E-state index contributed by atoms with van der Waals surface area (Å²) in [6.07, 6.45) is 1.76. The van der Waals surface area contributed by atoms with Crippen LogP contribution in [0.3, 0.4) is 0 Å². The van der Waals surface area contributed by atoms with Gasteiger partial charge in [-0.15, -0.1) is 0 Å². The van der Waals surface area contributed by atoms with Gasteiger partial charge in [-0.2, -0.15) is 0 Å². The molecule has 0 N–H and O–H groups in total. The Hall–Kier alpha value is -2.96. The maximum absolute atomic E-state index is 13.1. The van der Waals surface area contributed by atoms with Gasteiger partial charge in [-0.25, -0.2) is 4.39 Å². The molecule has 0 bridgehead atoms. The maximum Gasteiger partial charge on any atom is 0.276 e. The van der Waals surface area contributed by atoms with Gasteiger partial charge in [-0.05, 0) is 51.0 Å². The normalized spacial score (nSPS) is 17.0. The first-order chi connectivity index (χ1) is 12.5. The Kier molecular flexibility index (Phi) is 4.06. The molecule has 1 saturated heterocycles. The Bertz CT molecular complexity index is 926. The summed E-state index contributed by atoms with van der Waals surface area (Å²) in [5.41, 5.74) is 2.68. The maximum atomic E-state index is 13.1. The lowest BCUT2D eigenvalue weighted by molar-refractivity contribution is 0.0724. The summed E-state index contributed by atoms with van der Waals surface area (Å²) in [6.45, 7) is 4.39. The van der Waals surface area contributed by atoms with Crippen LogP contribution >= 0.6 is 0 Å². The minimum atomic E-state index is -0.330. The fourth-order valence-corrected chi connectivity index (χ4v) is 3.55. The fourth-order valence-electron chi connectivity index (χ4n) is 3.55. The van der Waals surface area contributed by atoms with Crippen molar-refractivity contribution in [2.75, 3.05) is 6.54 Å². The van der Waals surface area contributed by atoms with E-state index in [1.165, 1.54) is 12.1 Å². The molecule has 0 unspecified atom stereocenters. The van der Waals surface area contributed by atoms with Gasteiger partial charge in [0.05, 0.1) is 11.7 Å². The molecule has 6 nitrogen and oxygen atoms in total. The smallest absolute Gasteiger partial charge is 0.276 e. The van der Waals surface area contributed by atoms with Crippen LogP contribution in [0.15, 0.2) is 39.4 Å². The fraction of sp³-hybridized carbons (Fsp3) is 0.316. The molecule has 7 heteroatoms. The molecule has 0 radical (unpaired) electrons. The quantitative estimate of drug-likeness (QED) is 0.708. The van der Waals surface area contributed by atoms with Crippen LogP contribution in [0.1, 0.15) is 46.4 Å². The average molecular weight is 355 g/mol. The number of aromatic nitrogens is 2. The van der Waals surface area contributed by atoms with Crippen molar-refractivity contribution in [2.45, 2.75) is 32.7 Å². The van der Waals surface area contributed by atoms with E-state index in [1.54, 1.807) is 23.1 Å². The Morgan fingerprint density at radius 1 is 1.19 bits per heavy atom. The second-order valence-corrected chi connectivity index (χ2v) is 6.48. The van der Waals surface area contributed by atoms with Gasteiger partial charge in [-0.3, -0.25) is 4.79 Å². The van der Waals surface area contributed by atoms with Crippen LogP contribution in [0, 0.1) is 19.7 Å². The minimum absolute atomic E-state index is 0.0697. The van der Waals surface area contributed by atoms with E-state index in [0.29, 0.717) is 17.9 Å². The van der Waals surface area contributed by atoms with Gasteiger partial charge in [0.15, 0.2) is 11.5 Å². The molecule has 1 aliphatic heterocycles. The van der Waals surface area contributed by atoms with Crippen molar-refractivity contribution < 1.29 is 18.2 Å². The monoisotopic (exact) mass is 355 g/mol. The molecule has 1 atom stereocenters. The molecular weight excluding hydrogens is 337 g/mol. The lowest BCUT2D eigenvalue weighted by Gasteiger charge is -2.23. The molecule has 26 heavy (non-hydrogen) atoms. The standard InChI is InChI=1S/C19H18FN3O3/c1-11-18(12(2)25-21-11)16-4-3-9-23(16)19(24)15-10-17(26-22-15)13-5-7-14(20)8-6-13/h5-8,10,16H,3-4,9H2,1-2H3/t16-/m1/s1. The number of hydrogen-bond donors (Lipinski definition) is 0. The second kappa shape index (κ2) is 6.40. The van der Waals surface area contributed by atoms with Crippen LogP contribution in [0.2, 0.25) is 0 Å². The number of likely N-dealkylation sites (tertiary alicyclic amines) is 1. The molecule has 3 heterocycles. The number of nitrogens with zero attached hydrogens (tertiary/aromatic N) is 3. The summed E-state index contributed by atoms with van der Waals surface area (Å²) < 4.78 is 23.6. The molecule has 2 aromatic heterocycles. The second-order valence-electron chi connectivity index (χ2n) is 6.48. The third kappa shape index (κ3) is 2.79. The Morgan fingerprint density at radius 2 is 1.96 bits per heavy atom. The topological polar surface area (TPSA) is 72.4 Å². The van der Waals surface area contributed by atoms with Crippen LogP contribution in [0.25, 0.3) is 11.3 Å². The van der Waals surface area contributed by atoms with Crippen LogP contribution in [-0.4, -0.2) is 27.7 Å². The Balaban J connectivity index is 1.60. The molecule has 1 amide bonds. The van der Waals surface area contributed by atoms with E-state index in [4.69, 9.17) is 9.05 Å². The lowest BCUT2D eigenvalue weighted by Crippen LogP contribution is -2.31. The summed E-state index contributed by atoms with van der Waals surface area (Å²) in [7, 11) is 0. The first-order valence-corrected chi connectivity index (χ1v) is 8.51. The molecule has 0 aliphatic carbocycles. The number of rotatable bonds is 3. The first kappa shape index (κ1) is 16.5. The third-order valence-electron chi connectivity index (χ3n) is 4.79. The molecule has 1 fully saturated rings. The van der Waals surface area contributed by atoms with Crippen molar-refractivity contribution in [3.63, 3.8) is 0 Å². The SMILES string of the molecule is Cc1noc(C)c1[C@H]1CCCN1C(=O)c1cc(-c2ccc(F)cc2)on1. The van der Waals surface area contributed by atoms with Crippen molar-refractivity contribution >= 4 is 5.91 Å². The molecule has 0 saturated carbocycles. The zero-order chi connectivity index (χ0) is 18.3. The first-order valence-electron chi connectivity index (χ1n) is 8.51. The molecular formula is C19H18FN3O3. The van der Waals surface area contributed by atoms with Crippen LogP contribution in [-0.2, 0) is 0 Å². The van der Waals surface area contributed by atoms with E-state index in [9.17, 15) is 9.18 Å². The van der Waals surface area contributed by atoms with Gasteiger partial charge in [0.25, 0.3) is 5.91 Å². The van der Waals surface area contributed by atoms with E-state index in [1.807, 2.05) is 13.8 Å². The number of aryl methyl sites for hydroxylation is 2. The van der Waals surface area contributed by atoms with Crippen LogP contribution < -0.4 is 0 Å². The van der Waals surface area contributed by atoms with E-state index >= 15 is 0 Å². The predicted molar refractivity (Wildman–Crippen MR) is 90.9 cm³/mol. The zero-order valence-electron chi connectivity index (χ0n) is 14.5. The molecule has 0 spiro atoms. The number of carbonyl (C=O) groups is 1. The van der Waals surface area contributed by atoms with Gasteiger partial charge in [0.1, 0.15) is 11.6 Å². The number of carbonyl (C=O) groups excluding carboxylic acids is 1. The number of hydrogen-bond acceptors (Lipinski definition) is 5. The van der Waals surface area contributed by atoms with Crippen molar-refractivity contribution in [1.82, 2.24) is 15.2 Å². The summed E-state index contributed by atoms with van der Waals surface area (Å²) in [6, 6.07) is 7.39. The highest BCUT2D eigenvalue weighted by atomic mass is 19.1. The van der Waals surface area contributed by atoms with Crippen molar-refractivity contribution in [3.05, 3.63) is 58.9 Å². The Labute approximate surface area is 149 Å². The van der Waals surface area contributed by atoms with Gasteiger partial charge in [0, 0.05) is 23.7 Å². The highest BCUT2D eigenvalue weighted by Crippen LogP contribution is 2.36. The van der Waals surface area contributed by atoms with E-state index in [2.05, 4.69) is 10.3 Å². The van der Waals surface area contributed by atoms with E-state index in [0.717, 1.165) is 29.9 Å². The highest BCUT2D eigenvalue weighted by Gasteiger charge is 2.35. The third-order valence-corrected chi connectivity index (χ3v) is 4.79. The number of halogens is 1. The highest BCUT2D eigenvalue weighted by molar-refractivity contribution is 5.93.